The van der Waals surface area contributed by atoms with Crippen LogP contribution in [0.25, 0.3) is 0 Å². The molecule has 1 aliphatic rings. The van der Waals surface area contributed by atoms with Gasteiger partial charge in [-0.25, -0.2) is 5.43 Å². The van der Waals surface area contributed by atoms with Crippen LogP contribution < -0.4 is 15.5 Å². The Morgan fingerprint density at radius 2 is 2.11 bits per heavy atom. The number of amides is 2. The molecule has 0 unspecified atom stereocenters. The summed E-state index contributed by atoms with van der Waals surface area (Å²) < 4.78 is 5.05. The van der Waals surface area contributed by atoms with E-state index in [2.05, 4.69) is 21.9 Å². The highest BCUT2D eigenvalue weighted by atomic mass is 32.1. The highest BCUT2D eigenvalue weighted by Gasteiger charge is 2.23. The van der Waals surface area contributed by atoms with Crippen LogP contribution in [0.15, 0.2) is 23.3 Å². The van der Waals surface area contributed by atoms with Crippen LogP contribution in [0.4, 0.5) is 5.00 Å². The van der Waals surface area contributed by atoms with E-state index in [0.717, 1.165) is 36.1 Å². The zero-order valence-electron chi connectivity index (χ0n) is 15.1. The SMILES string of the molecule is COc1ccc(O)c(C=NNC(=O)C(=O)Nc2sc3c(c2C#N)CCCC3)c1. The molecule has 1 heterocycles. The number of carbonyl (C=O) groups is 2. The molecule has 0 aliphatic heterocycles. The minimum atomic E-state index is -0.978. The zero-order chi connectivity index (χ0) is 20.1. The molecule has 0 bridgehead atoms. The van der Waals surface area contributed by atoms with Crippen molar-refractivity contribution in [3.8, 4) is 17.6 Å². The maximum atomic E-state index is 12.1. The maximum absolute atomic E-state index is 12.1. The average molecular weight is 398 g/mol. The second-order valence-electron chi connectivity index (χ2n) is 6.10. The number of nitrogens with one attached hydrogen (secondary N) is 2. The molecule has 2 aromatic rings. The van der Waals surface area contributed by atoms with Crippen LogP contribution in [0.3, 0.4) is 0 Å². The van der Waals surface area contributed by atoms with Crippen molar-refractivity contribution in [2.45, 2.75) is 25.7 Å². The summed E-state index contributed by atoms with van der Waals surface area (Å²) in [4.78, 5) is 25.2. The third kappa shape index (κ3) is 4.13. The largest absolute Gasteiger partial charge is 0.507 e. The molecule has 0 radical (unpaired) electrons. The fraction of sp³-hybridized carbons (Fsp3) is 0.263. The molecule has 0 spiro atoms. The Balaban J connectivity index is 1.65. The fourth-order valence-electron chi connectivity index (χ4n) is 2.91. The number of fused-ring (bicyclic) bond motifs is 1. The molecule has 1 aromatic heterocycles. The first kappa shape index (κ1) is 19.4. The summed E-state index contributed by atoms with van der Waals surface area (Å²) in [6.45, 7) is 0. The lowest BCUT2D eigenvalue weighted by molar-refractivity contribution is -0.136. The fourth-order valence-corrected chi connectivity index (χ4v) is 4.14. The molecule has 0 atom stereocenters. The number of nitrogens with zero attached hydrogens (tertiary/aromatic N) is 2. The van der Waals surface area contributed by atoms with Crippen LogP contribution in [0.1, 0.15) is 34.4 Å². The summed E-state index contributed by atoms with van der Waals surface area (Å²) in [6.07, 6.45) is 4.96. The lowest BCUT2D eigenvalue weighted by atomic mass is 9.96. The van der Waals surface area contributed by atoms with Gasteiger partial charge in [0.15, 0.2) is 0 Å². The van der Waals surface area contributed by atoms with Crippen molar-refractivity contribution >= 4 is 34.4 Å². The Kier molecular flexibility index (Phi) is 5.91. The van der Waals surface area contributed by atoms with Gasteiger partial charge in [-0.1, -0.05) is 0 Å². The predicted octanol–water partition coefficient (Wildman–Crippen LogP) is 2.30. The number of aryl methyl sites for hydroxylation is 1. The van der Waals surface area contributed by atoms with E-state index in [-0.39, 0.29) is 5.75 Å². The highest BCUT2D eigenvalue weighted by molar-refractivity contribution is 7.16. The minimum Gasteiger partial charge on any atom is -0.507 e. The lowest BCUT2D eigenvalue weighted by Crippen LogP contribution is -2.32. The van der Waals surface area contributed by atoms with Crippen LogP contribution in [0, 0.1) is 11.3 Å². The van der Waals surface area contributed by atoms with E-state index in [1.54, 1.807) is 6.07 Å². The van der Waals surface area contributed by atoms with Crippen molar-refractivity contribution in [2.75, 3.05) is 12.4 Å². The number of aromatic hydroxyl groups is 1. The number of rotatable bonds is 4. The number of benzene rings is 1. The quantitative estimate of drug-likeness (QED) is 0.414. The van der Waals surface area contributed by atoms with Gasteiger partial charge in [0, 0.05) is 10.4 Å². The first-order valence-electron chi connectivity index (χ1n) is 8.59. The average Bonchev–Trinajstić information content (AvgIpc) is 3.06. The standard InChI is InChI=1S/C19H18N4O4S/c1-27-12-6-7-15(24)11(8-12)10-21-23-18(26)17(25)22-19-14(9-20)13-4-2-3-5-16(13)28-19/h6-8,10,24H,2-5H2,1H3,(H,22,25)(H,23,26). The zero-order valence-corrected chi connectivity index (χ0v) is 15.9. The summed E-state index contributed by atoms with van der Waals surface area (Å²) in [5, 5.41) is 25.7. The maximum Gasteiger partial charge on any atom is 0.329 e. The number of anilines is 1. The minimum absolute atomic E-state index is 0.0499. The van der Waals surface area contributed by atoms with Crippen molar-refractivity contribution < 1.29 is 19.4 Å². The van der Waals surface area contributed by atoms with Crippen LogP contribution in [0.2, 0.25) is 0 Å². The van der Waals surface area contributed by atoms with Crippen LogP contribution >= 0.6 is 11.3 Å². The van der Waals surface area contributed by atoms with Crippen molar-refractivity contribution in [1.29, 1.82) is 5.26 Å². The van der Waals surface area contributed by atoms with E-state index in [0.29, 0.717) is 21.9 Å². The van der Waals surface area contributed by atoms with Crippen molar-refractivity contribution in [1.82, 2.24) is 5.43 Å². The molecule has 0 fully saturated rings. The molecule has 2 amide bonds. The van der Waals surface area contributed by atoms with Gasteiger partial charge >= 0.3 is 11.8 Å². The molecule has 28 heavy (non-hydrogen) atoms. The van der Waals surface area contributed by atoms with E-state index in [4.69, 9.17) is 4.74 Å². The Morgan fingerprint density at radius 1 is 1.32 bits per heavy atom. The molecule has 0 saturated heterocycles. The number of carbonyl (C=O) groups excluding carboxylic acids is 2. The Morgan fingerprint density at radius 3 is 2.86 bits per heavy atom. The number of methoxy groups -OCH3 is 1. The number of hydrogen-bond donors (Lipinski definition) is 3. The molecular weight excluding hydrogens is 380 g/mol. The van der Waals surface area contributed by atoms with Crippen molar-refractivity contribution in [2.24, 2.45) is 5.10 Å². The monoisotopic (exact) mass is 398 g/mol. The van der Waals surface area contributed by atoms with E-state index >= 15 is 0 Å². The van der Waals surface area contributed by atoms with Gasteiger partial charge in [-0.2, -0.15) is 10.4 Å². The number of phenolic OH excluding ortho intramolecular Hbond substituents is 1. The number of nitriles is 1. The summed E-state index contributed by atoms with van der Waals surface area (Å²) >= 11 is 1.34. The van der Waals surface area contributed by atoms with Gasteiger partial charge in [0.2, 0.25) is 0 Å². The van der Waals surface area contributed by atoms with Gasteiger partial charge in [0.1, 0.15) is 22.6 Å². The highest BCUT2D eigenvalue weighted by Crippen LogP contribution is 2.37. The molecule has 8 nitrogen and oxygen atoms in total. The Bertz CT molecular complexity index is 991. The van der Waals surface area contributed by atoms with E-state index in [9.17, 15) is 20.0 Å². The van der Waals surface area contributed by atoms with Crippen molar-refractivity contribution in [3.63, 3.8) is 0 Å². The molecule has 9 heteroatoms. The number of hydrazone groups is 1. The molecule has 0 saturated carbocycles. The first-order chi connectivity index (χ1) is 13.5. The Labute approximate surface area is 165 Å². The van der Waals surface area contributed by atoms with Gasteiger partial charge in [0.25, 0.3) is 0 Å². The third-order valence-corrected chi connectivity index (χ3v) is 5.53. The number of ether oxygens (including phenoxy) is 1. The van der Waals surface area contributed by atoms with Crippen molar-refractivity contribution in [3.05, 3.63) is 39.8 Å². The summed E-state index contributed by atoms with van der Waals surface area (Å²) in [5.74, 6) is -1.43. The third-order valence-electron chi connectivity index (χ3n) is 4.32. The lowest BCUT2D eigenvalue weighted by Gasteiger charge is -2.09. The van der Waals surface area contributed by atoms with Gasteiger partial charge < -0.3 is 15.2 Å². The summed E-state index contributed by atoms with van der Waals surface area (Å²) in [6, 6.07) is 6.66. The van der Waals surface area contributed by atoms with Crippen LogP contribution in [-0.4, -0.2) is 30.2 Å². The molecule has 3 rings (SSSR count). The number of thiophene rings is 1. The van der Waals surface area contributed by atoms with Gasteiger partial charge in [-0.15, -0.1) is 11.3 Å². The second-order valence-corrected chi connectivity index (χ2v) is 7.21. The van der Waals surface area contributed by atoms with E-state index in [1.165, 1.54) is 36.8 Å². The van der Waals surface area contributed by atoms with Gasteiger partial charge in [-0.3, -0.25) is 9.59 Å². The van der Waals surface area contributed by atoms with E-state index < -0.39 is 11.8 Å². The summed E-state index contributed by atoms with van der Waals surface area (Å²) in [5.41, 5.74) is 3.83. The molecule has 1 aliphatic carbocycles. The smallest absolute Gasteiger partial charge is 0.329 e. The van der Waals surface area contributed by atoms with Crippen LogP contribution in [-0.2, 0) is 22.4 Å². The molecule has 3 N–H and O–H groups in total. The Hall–Kier alpha value is -3.38. The first-order valence-corrected chi connectivity index (χ1v) is 9.41. The predicted molar refractivity (Wildman–Crippen MR) is 105 cm³/mol. The summed E-state index contributed by atoms with van der Waals surface area (Å²) in [7, 11) is 1.48. The second kappa shape index (κ2) is 8.54. The van der Waals surface area contributed by atoms with Gasteiger partial charge in [-0.05, 0) is 49.4 Å². The molecule has 1 aromatic carbocycles. The number of phenols is 1. The normalized spacial score (nSPS) is 12.9. The number of hydrogen-bond acceptors (Lipinski definition) is 7. The van der Waals surface area contributed by atoms with Crippen LogP contribution in [0.5, 0.6) is 11.5 Å². The van der Waals surface area contributed by atoms with Gasteiger partial charge in [0.05, 0.1) is 18.9 Å². The molecular formula is C19H18N4O4S. The topological polar surface area (TPSA) is 124 Å². The van der Waals surface area contributed by atoms with E-state index in [1.807, 2.05) is 0 Å². The molecule has 144 valence electrons.